The van der Waals surface area contributed by atoms with Gasteiger partial charge in [-0.15, -0.1) is 0 Å². The van der Waals surface area contributed by atoms with Crippen molar-refractivity contribution in [3.63, 3.8) is 0 Å². The van der Waals surface area contributed by atoms with E-state index in [1.165, 1.54) is 11.8 Å². The summed E-state index contributed by atoms with van der Waals surface area (Å²) in [6.07, 6.45) is 0. The zero-order valence-corrected chi connectivity index (χ0v) is 15.9. The lowest BCUT2D eigenvalue weighted by Crippen LogP contribution is -2.29. The third-order valence-electron chi connectivity index (χ3n) is 4.04. The highest BCUT2D eigenvalue weighted by Gasteiger charge is 2.11. The number of aromatic nitrogens is 2. The zero-order valence-electron chi connectivity index (χ0n) is 15.1. The quantitative estimate of drug-likeness (QED) is 0.486. The normalized spacial score (nSPS) is 10.8. The van der Waals surface area contributed by atoms with Gasteiger partial charge in [0, 0.05) is 6.54 Å². The molecule has 0 saturated heterocycles. The number of rotatable bonds is 8. The van der Waals surface area contributed by atoms with Crippen LogP contribution >= 0.6 is 11.8 Å². The molecular weight excluding hydrogens is 346 g/mol. The lowest BCUT2D eigenvalue weighted by Gasteiger charge is -2.10. The van der Waals surface area contributed by atoms with Gasteiger partial charge >= 0.3 is 0 Å². The third kappa shape index (κ3) is 4.38. The number of hydrogen-bond donors (Lipinski definition) is 1. The maximum Gasteiger partial charge on any atom is 0.230 e. The van der Waals surface area contributed by atoms with Gasteiger partial charge in [0.1, 0.15) is 12.4 Å². The van der Waals surface area contributed by atoms with Crippen molar-refractivity contribution in [2.45, 2.75) is 25.5 Å². The molecule has 0 aliphatic carbocycles. The molecule has 6 heteroatoms. The lowest BCUT2D eigenvalue weighted by molar-refractivity contribution is -0.118. The van der Waals surface area contributed by atoms with Crippen LogP contribution in [0.1, 0.15) is 12.5 Å². The van der Waals surface area contributed by atoms with Gasteiger partial charge in [-0.05, 0) is 37.6 Å². The summed E-state index contributed by atoms with van der Waals surface area (Å²) < 4.78 is 7.82. The average Bonchev–Trinajstić information content (AvgIpc) is 3.02. The van der Waals surface area contributed by atoms with Gasteiger partial charge in [-0.2, -0.15) is 0 Å². The van der Waals surface area contributed by atoms with Crippen LogP contribution in [0.25, 0.3) is 11.0 Å². The van der Waals surface area contributed by atoms with Crippen LogP contribution in [0.3, 0.4) is 0 Å². The molecule has 26 heavy (non-hydrogen) atoms. The molecule has 0 unspecified atom stereocenters. The largest absolute Gasteiger partial charge is 0.491 e. The summed E-state index contributed by atoms with van der Waals surface area (Å²) in [5.41, 5.74) is 3.15. The molecule has 0 bridgehead atoms. The molecule has 3 rings (SSSR count). The summed E-state index contributed by atoms with van der Waals surface area (Å²) in [5.74, 6) is 1.18. The lowest BCUT2D eigenvalue weighted by atomic mass is 10.2. The molecule has 5 nitrogen and oxygen atoms in total. The van der Waals surface area contributed by atoms with E-state index in [0.29, 0.717) is 18.9 Å². The number of carbonyl (C=O) groups excluding carboxylic acids is 1. The fraction of sp³-hybridized carbons (Fsp3) is 0.300. The van der Waals surface area contributed by atoms with Crippen molar-refractivity contribution in [1.29, 1.82) is 0 Å². The second-order valence-corrected chi connectivity index (χ2v) is 6.82. The number of amides is 1. The number of nitrogens with zero attached hydrogens (tertiary/aromatic N) is 2. The Morgan fingerprint density at radius 1 is 1.19 bits per heavy atom. The van der Waals surface area contributed by atoms with E-state index in [0.717, 1.165) is 34.0 Å². The first-order valence-electron chi connectivity index (χ1n) is 8.72. The minimum absolute atomic E-state index is 0.0157. The molecule has 1 N–H and O–H groups in total. The number of nitrogens with one attached hydrogen (secondary N) is 1. The minimum atomic E-state index is -0.0157. The highest BCUT2D eigenvalue weighted by molar-refractivity contribution is 7.99. The van der Waals surface area contributed by atoms with Gasteiger partial charge in [0.05, 0.1) is 23.3 Å². The van der Waals surface area contributed by atoms with Crippen LogP contribution in [0.4, 0.5) is 0 Å². The van der Waals surface area contributed by atoms with Crippen molar-refractivity contribution in [3.05, 3.63) is 54.1 Å². The monoisotopic (exact) mass is 369 g/mol. The maximum absolute atomic E-state index is 12.1. The molecule has 0 radical (unpaired) electrons. The van der Waals surface area contributed by atoms with E-state index >= 15 is 0 Å². The van der Waals surface area contributed by atoms with E-state index in [4.69, 9.17) is 4.74 Å². The van der Waals surface area contributed by atoms with E-state index in [1.807, 2.05) is 49.4 Å². The number of carbonyl (C=O) groups is 1. The Hall–Kier alpha value is -2.47. The van der Waals surface area contributed by atoms with E-state index in [-0.39, 0.29) is 5.91 Å². The van der Waals surface area contributed by atoms with Crippen LogP contribution in [0.2, 0.25) is 0 Å². The fourth-order valence-electron chi connectivity index (χ4n) is 2.72. The summed E-state index contributed by atoms with van der Waals surface area (Å²) >= 11 is 1.46. The zero-order chi connectivity index (χ0) is 18.4. The number of imidazole rings is 1. The molecule has 0 saturated carbocycles. The first-order valence-corrected chi connectivity index (χ1v) is 9.70. The molecular formula is C20H23N3O2S. The summed E-state index contributed by atoms with van der Waals surface area (Å²) in [7, 11) is 0. The number of ether oxygens (including phenoxy) is 1. The van der Waals surface area contributed by atoms with Gasteiger partial charge in [0.2, 0.25) is 5.91 Å². The predicted octanol–water partition coefficient (Wildman–Crippen LogP) is 3.65. The fourth-order valence-corrected chi connectivity index (χ4v) is 3.63. The van der Waals surface area contributed by atoms with Crippen molar-refractivity contribution in [2.24, 2.45) is 0 Å². The minimum Gasteiger partial charge on any atom is -0.491 e. The Kier molecular flexibility index (Phi) is 6.17. The van der Waals surface area contributed by atoms with E-state index in [2.05, 4.69) is 27.9 Å². The van der Waals surface area contributed by atoms with Crippen LogP contribution in [-0.4, -0.2) is 34.4 Å². The first-order chi connectivity index (χ1) is 12.7. The van der Waals surface area contributed by atoms with E-state index in [9.17, 15) is 4.79 Å². The Morgan fingerprint density at radius 3 is 2.77 bits per heavy atom. The van der Waals surface area contributed by atoms with E-state index < -0.39 is 0 Å². The third-order valence-corrected chi connectivity index (χ3v) is 5.02. The molecule has 0 aliphatic rings. The van der Waals surface area contributed by atoms with Crippen LogP contribution < -0.4 is 10.1 Å². The molecule has 0 atom stereocenters. The maximum atomic E-state index is 12.1. The molecule has 136 valence electrons. The van der Waals surface area contributed by atoms with Crippen LogP contribution in [0.5, 0.6) is 5.75 Å². The molecule has 0 aliphatic heterocycles. The molecule has 3 aromatic rings. The predicted molar refractivity (Wildman–Crippen MR) is 106 cm³/mol. The van der Waals surface area contributed by atoms with Crippen molar-refractivity contribution >= 4 is 28.7 Å². The topological polar surface area (TPSA) is 56.2 Å². The summed E-state index contributed by atoms with van der Waals surface area (Å²) in [5, 5.41) is 3.77. The second kappa shape index (κ2) is 8.76. The van der Waals surface area contributed by atoms with Gasteiger partial charge in [0.15, 0.2) is 5.16 Å². The first kappa shape index (κ1) is 18.3. The van der Waals surface area contributed by atoms with Gasteiger partial charge in [-0.1, -0.05) is 42.1 Å². The highest BCUT2D eigenvalue weighted by atomic mass is 32.2. The number of aryl methyl sites for hydroxylation is 2. The molecule has 1 aromatic heterocycles. The van der Waals surface area contributed by atoms with E-state index in [1.54, 1.807) is 0 Å². The SMILES string of the molecule is CCn1c(SCC(=O)NCCOc2ccccc2C)nc2ccccc21. The Labute approximate surface area is 157 Å². The standard InChI is InChI=1S/C20H23N3O2S/c1-3-23-17-10-6-5-9-16(17)22-20(23)26-14-19(24)21-12-13-25-18-11-7-4-8-15(18)2/h4-11H,3,12-14H2,1-2H3,(H,21,24). The summed E-state index contributed by atoms with van der Waals surface area (Å²) in [4.78, 5) is 16.7. The van der Waals surface area contributed by atoms with Crippen molar-refractivity contribution in [2.75, 3.05) is 18.9 Å². The van der Waals surface area contributed by atoms with Crippen LogP contribution in [0, 0.1) is 6.92 Å². The highest BCUT2D eigenvalue weighted by Crippen LogP contribution is 2.23. The molecule has 0 spiro atoms. The van der Waals surface area contributed by atoms with Crippen LogP contribution in [-0.2, 0) is 11.3 Å². The van der Waals surface area contributed by atoms with Gasteiger partial charge in [-0.3, -0.25) is 4.79 Å². The Balaban J connectivity index is 1.46. The van der Waals surface area contributed by atoms with Crippen LogP contribution in [0.15, 0.2) is 53.7 Å². The number of para-hydroxylation sites is 3. The average molecular weight is 369 g/mol. The molecule has 2 aromatic carbocycles. The number of fused-ring (bicyclic) bond motifs is 1. The van der Waals surface area contributed by atoms with Crippen molar-refractivity contribution in [1.82, 2.24) is 14.9 Å². The van der Waals surface area contributed by atoms with Gasteiger partial charge in [-0.25, -0.2) is 4.98 Å². The van der Waals surface area contributed by atoms with Gasteiger partial charge < -0.3 is 14.6 Å². The molecule has 0 fully saturated rings. The summed E-state index contributed by atoms with van der Waals surface area (Å²) in [6.45, 7) is 5.85. The van der Waals surface area contributed by atoms with Crippen molar-refractivity contribution < 1.29 is 9.53 Å². The Bertz CT molecular complexity index is 892. The number of thioether (sulfide) groups is 1. The number of benzene rings is 2. The second-order valence-electron chi connectivity index (χ2n) is 5.88. The smallest absolute Gasteiger partial charge is 0.230 e. The summed E-state index contributed by atoms with van der Waals surface area (Å²) in [6, 6.07) is 15.9. The number of hydrogen-bond acceptors (Lipinski definition) is 4. The molecule has 1 heterocycles. The van der Waals surface area contributed by atoms with Crippen molar-refractivity contribution in [3.8, 4) is 5.75 Å². The Morgan fingerprint density at radius 2 is 1.96 bits per heavy atom. The van der Waals surface area contributed by atoms with Gasteiger partial charge in [0.25, 0.3) is 0 Å². The molecule has 1 amide bonds.